The summed E-state index contributed by atoms with van der Waals surface area (Å²) in [5.74, 6) is 0.375. The zero-order valence-corrected chi connectivity index (χ0v) is 8.16. The van der Waals surface area contributed by atoms with Gasteiger partial charge in [-0.3, -0.25) is 4.99 Å². The highest BCUT2D eigenvalue weighted by Crippen LogP contribution is 2.24. The number of nitrogens with two attached hydrogens (primary N) is 1. The summed E-state index contributed by atoms with van der Waals surface area (Å²) in [6.45, 7) is 1.78. The number of amidine groups is 1. The molecule has 1 aliphatic heterocycles. The van der Waals surface area contributed by atoms with Crippen molar-refractivity contribution in [3.05, 3.63) is 24.0 Å². The summed E-state index contributed by atoms with van der Waals surface area (Å²) < 4.78 is 18.5. The topological polar surface area (TPSA) is 59.6 Å². The maximum atomic E-state index is 13.3. The Morgan fingerprint density at radius 1 is 1.53 bits per heavy atom. The number of rotatable bonds is 3. The molecule has 0 radical (unpaired) electrons. The highest BCUT2D eigenvalue weighted by Gasteiger charge is 2.10. The lowest BCUT2D eigenvalue weighted by Gasteiger charge is -2.09. The van der Waals surface area contributed by atoms with Crippen molar-refractivity contribution in [1.29, 1.82) is 0 Å². The molecule has 0 spiro atoms. The van der Waals surface area contributed by atoms with Gasteiger partial charge in [-0.05, 0) is 12.1 Å². The van der Waals surface area contributed by atoms with Crippen LogP contribution in [0, 0.1) is 5.82 Å². The first-order valence-corrected chi connectivity index (χ1v) is 4.71. The number of benzene rings is 1. The first-order valence-electron chi connectivity index (χ1n) is 4.71. The smallest absolute Gasteiger partial charge is 0.178 e. The van der Waals surface area contributed by atoms with E-state index in [1.54, 1.807) is 12.1 Å². The van der Waals surface area contributed by atoms with E-state index in [9.17, 15) is 4.39 Å². The SMILES string of the molecule is Nc1cccc(F)c1OCC1=NCCN1. The van der Waals surface area contributed by atoms with E-state index >= 15 is 0 Å². The number of ether oxygens (including phenoxy) is 1. The third-order valence-electron chi connectivity index (χ3n) is 2.09. The Bertz CT molecular complexity index is 372. The van der Waals surface area contributed by atoms with Gasteiger partial charge in [0.1, 0.15) is 12.4 Å². The number of anilines is 1. The van der Waals surface area contributed by atoms with Gasteiger partial charge in [-0.1, -0.05) is 6.07 Å². The maximum Gasteiger partial charge on any atom is 0.178 e. The lowest BCUT2D eigenvalue weighted by molar-refractivity contribution is 0.353. The highest BCUT2D eigenvalue weighted by atomic mass is 19.1. The minimum absolute atomic E-state index is 0.0916. The molecule has 0 fully saturated rings. The molecule has 3 N–H and O–H groups in total. The molecule has 0 aromatic heterocycles. The van der Waals surface area contributed by atoms with Crippen LogP contribution >= 0.6 is 0 Å². The zero-order valence-electron chi connectivity index (χ0n) is 8.16. The van der Waals surface area contributed by atoms with Gasteiger partial charge in [-0.25, -0.2) is 4.39 Å². The highest BCUT2D eigenvalue weighted by molar-refractivity contribution is 5.85. The van der Waals surface area contributed by atoms with Crippen LogP contribution in [0.1, 0.15) is 0 Å². The summed E-state index contributed by atoms with van der Waals surface area (Å²) in [6, 6.07) is 4.46. The molecule has 2 rings (SSSR count). The normalized spacial score (nSPS) is 14.6. The van der Waals surface area contributed by atoms with Crippen molar-refractivity contribution in [2.75, 3.05) is 25.4 Å². The van der Waals surface area contributed by atoms with E-state index in [2.05, 4.69) is 10.3 Å². The van der Waals surface area contributed by atoms with Crippen molar-refractivity contribution < 1.29 is 9.13 Å². The first-order chi connectivity index (χ1) is 7.27. The van der Waals surface area contributed by atoms with Crippen molar-refractivity contribution in [2.45, 2.75) is 0 Å². The van der Waals surface area contributed by atoms with Gasteiger partial charge in [0.05, 0.1) is 12.2 Å². The Morgan fingerprint density at radius 3 is 3.07 bits per heavy atom. The minimum Gasteiger partial charge on any atom is -0.480 e. The van der Waals surface area contributed by atoms with Crippen molar-refractivity contribution in [2.24, 2.45) is 4.99 Å². The zero-order chi connectivity index (χ0) is 10.7. The number of para-hydroxylation sites is 1. The second-order valence-electron chi connectivity index (χ2n) is 3.20. The van der Waals surface area contributed by atoms with Crippen molar-refractivity contribution in [3.63, 3.8) is 0 Å². The molecule has 0 amide bonds. The predicted octanol–water partition coefficient (Wildman–Crippen LogP) is 0.788. The van der Waals surface area contributed by atoms with Crippen LogP contribution in [0.2, 0.25) is 0 Å². The molecule has 80 valence electrons. The average molecular weight is 209 g/mol. The Labute approximate surface area is 86.9 Å². The number of halogens is 1. The molecule has 0 aliphatic carbocycles. The van der Waals surface area contributed by atoms with Gasteiger partial charge in [0, 0.05) is 6.54 Å². The number of hydrogen-bond acceptors (Lipinski definition) is 4. The second kappa shape index (κ2) is 4.16. The Balaban J connectivity index is 2.04. The van der Waals surface area contributed by atoms with E-state index in [0.29, 0.717) is 5.69 Å². The molecular weight excluding hydrogens is 197 g/mol. The molecule has 1 heterocycles. The van der Waals surface area contributed by atoms with Crippen LogP contribution in [-0.4, -0.2) is 25.5 Å². The lowest BCUT2D eigenvalue weighted by Crippen LogP contribution is -2.25. The molecule has 0 saturated heterocycles. The van der Waals surface area contributed by atoms with Crippen LogP contribution in [0.25, 0.3) is 0 Å². The minimum atomic E-state index is -0.450. The fourth-order valence-electron chi connectivity index (χ4n) is 1.36. The number of hydrogen-bond donors (Lipinski definition) is 2. The van der Waals surface area contributed by atoms with Gasteiger partial charge in [0.25, 0.3) is 0 Å². The molecule has 4 nitrogen and oxygen atoms in total. The number of nitrogen functional groups attached to an aromatic ring is 1. The van der Waals surface area contributed by atoms with Gasteiger partial charge in [-0.2, -0.15) is 0 Å². The first kappa shape index (κ1) is 9.76. The number of nitrogens with zero attached hydrogens (tertiary/aromatic N) is 1. The van der Waals surface area contributed by atoms with Crippen LogP contribution in [0.4, 0.5) is 10.1 Å². The Kier molecular flexibility index (Phi) is 2.71. The summed E-state index contributed by atoms with van der Waals surface area (Å²) in [6.07, 6.45) is 0. The average Bonchev–Trinajstić information content (AvgIpc) is 2.70. The fourth-order valence-corrected chi connectivity index (χ4v) is 1.36. The summed E-state index contributed by atoms with van der Waals surface area (Å²) in [7, 11) is 0. The number of aliphatic imine (C=N–C) groups is 1. The fraction of sp³-hybridized carbons (Fsp3) is 0.300. The van der Waals surface area contributed by atoms with Crippen LogP contribution < -0.4 is 15.8 Å². The standard InChI is InChI=1S/C10H12FN3O/c11-7-2-1-3-8(12)10(7)15-6-9-13-4-5-14-9/h1-3H,4-6,12H2,(H,13,14). The van der Waals surface area contributed by atoms with Gasteiger partial charge in [0.15, 0.2) is 11.6 Å². The number of nitrogens with one attached hydrogen (secondary N) is 1. The summed E-state index contributed by atoms with van der Waals surface area (Å²) >= 11 is 0. The van der Waals surface area contributed by atoms with E-state index in [-0.39, 0.29) is 12.4 Å². The Morgan fingerprint density at radius 2 is 2.40 bits per heavy atom. The van der Waals surface area contributed by atoms with Crippen molar-refractivity contribution in [1.82, 2.24) is 5.32 Å². The second-order valence-corrected chi connectivity index (χ2v) is 3.20. The molecule has 1 aromatic carbocycles. The molecule has 15 heavy (non-hydrogen) atoms. The van der Waals surface area contributed by atoms with Crippen LogP contribution in [-0.2, 0) is 0 Å². The third kappa shape index (κ3) is 2.18. The van der Waals surface area contributed by atoms with E-state index in [4.69, 9.17) is 10.5 Å². The largest absolute Gasteiger partial charge is 0.480 e. The summed E-state index contributed by atoms with van der Waals surface area (Å²) in [5.41, 5.74) is 5.88. The predicted molar refractivity (Wildman–Crippen MR) is 56.6 cm³/mol. The quantitative estimate of drug-likeness (QED) is 0.723. The molecule has 1 aliphatic rings. The van der Waals surface area contributed by atoms with Crippen LogP contribution in [0.3, 0.4) is 0 Å². The molecule has 0 unspecified atom stereocenters. The maximum absolute atomic E-state index is 13.3. The van der Waals surface area contributed by atoms with E-state index in [1.807, 2.05) is 0 Å². The Hall–Kier alpha value is -1.78. The van der Waals surface area contributed by atoms with Crippen molar-refractivity contribution in [3.8, 4) is 5.75 Å². The van der Waals surface area contributed by atoms with Crippen molar-refractivity contribution >= 4 is 11.5 Å². The molecule has 0 atom stereocenters. The summed E-state index contributed by atoms with van der Waals surface area (Å²) in [5, 5.41) is 3.03. The molecule has 5 heteroatoms. The van der Waals surface area contributed by atoms with Gasteiger partial charge < -0.3 is 15.8 Å². The van der Waals surface area contributed by atoms with Crippen LogP contribution in [0.5, 0.6) is 5.75 Å². The molecule has 1 aromatic rings. The summed E-state index contributed by atoms with van der Waals surface area (Å²) in [4.78, 5) is 4.13. The molecular formula is C10H12FN3O. The molecule has 0 saturated carbocycles. The van der Waals surface area contributed by atoms with E-state index in [0.717, 1.165) is 18.9 Å². The van der Waals surface area contributed by atoms with Gasteiger partial charge in [0.2, 0.25) is 0 Å². The lowest BCUT2D eigenvalue weighted by atomic mass is 10.3. The molecule has 0 bridgehead atoms. The monoisotopic (exact) mass is 209 g/mol. The van der Waals surface area contributed by atoms with Crippen LogP contribution in [0.15, 0.2) is 23.2 Å². The third-order valence-corrected chi connectivity index (χ3v) is 2.09. The van der Waals surface area contributed by atoms with Gasteiger partial charge >= 0.3 is 0 Å². The van der Waals surface area contributed by atoms with Gasteiger partial charge in [-0.15, -0.1) is 0 Å². The van der Waals surface area contributed by atoms with E-state index < -0.39 is 5.82 Å². The van der Waals surface area contributed by atoms with E-state index in [1.165, 1.54) is 6.07 Å².